The summed E-state index contributed by atoms with van der Waals surface area (Å²) >= 11 is 12.4. The largest absolute Gasteiger partial charge is 0.496 e. The first-order valence-corrected chi connectivity index (χ1v) is 10.2. The minimum absolute atomic E-state index is 0.0670. The number of benzene rings is 1. The maximum Gasteiger partial charge on any atom is 0.416 e. The van der Waals surface area contributed by atoms with E-state index in [9.17, 15) is 18.0 Å². The zero-order valence-corrected chi connectivity index (χ0v) is 18.3. The number of alkyl halides is 4. The molecule has 0 aliphatic carbocycles. The van der Waals surface area contributed by atoms with Gasteiger partial charge in [-0.1, -0.05) is 11.6 Å². The van der Waals surface area contributed by atoms with Crippen molar-refractivity contribution in [3.8, 4) is 5.75 Å². The van der Waals surface area contributed by atoms with Gasteiger partial charge < -0.3 is 20.4 Å². The van der Waals surface area contributed by atoms with E-state index in [1.807, 2.05) is 0 Å². The van der Waals surface area contributed by atoms with Crippen molar-refractivity contribution in [1.29, 1.82) is 0 Å². The molecule has 13 heteroatoms. The number of rotatable bonds is 5. The highest BCUT2D eigenvalue weighted by atomic mass is 35.5. The highest BCUT2D eigenvalue weighted by Crippen LogP contribution is 2.31. The second-order valence-electron chi connectivity index (χ2n) is 6.92. The summed E-state index contributed by atoms with van der Waals surface area (Å²) in [6.45, 7) is 0. The number of carbonyl (C=O) groups excluding carboxylic acids is 1. The number of aromatic nitrogens is 3. The van der Waals surface area contributed by atoms with E-state index in [1.54, 1.807) is 0 Å². The number of pyridine rings is 1. The Morgan fingerprint density at radius 2 is 2.06 bits per heavy atom. The standard InChI is InChI=1S/C20H15Cl2F3N6O2/c1-33-15-6-14-13(28-19(29-14)31-17-11(21)7-26-8-12(17)22)5-10(15)18(32)30-16-4-9(2-3-27-16)20(23,24)25/h2-8,11,17H,1H3,(H,27,30,32)(H2,28,29,31). The van der Waals surface area contributed by atoms with Crippen LogP contribution in [0.5, 0.6) is 5.75 Å². The molecule has 1 aromatic carbocycles. The zero-order valence-electron chi connectivity index (χ0n) is 16.7. The van der Waals surface area contributed by atoms with Crippen molar-refractivity contribution in [3.05, 3.63) is 52.8 Å². The van der Waals surface area contributed by atoms with Gasteiger partial charge in [0, 0.05) is 24.7 Å². The molecule has 0 saturated carbocycles. The van der Waals surface area contributed by atoms with E-state index in [-0.39, 0.29) is 17.1 Å². The number of fused-ring (bicyclic) bond motifs is 1. The lowest BCUT2D eigenvalue weighted by Gasteiger charge is -2.21. The van der Waals surface area contributed by atoms with E-state index in [4.69, 9.17) is 27.9 Å². The molecule has 0 spiro atoms. The van der Waals surface area contributed by atoms with Gasteiger partial charge in [0.25, 0.3) is 5.91 Å². The predicted octanol–water partition coefficient (Wildman–Crippen LogP) is 4.79. The number of nitrogens with zero attached hydrogens (tertiary/aromatic N) is 3. The maximum absolute atomic E-state index is 12.9. The number of hydrogen-bond donors (Lipinski definition) is 3. The van der Waals surface area contributed by atoms with Crippen LogP contribution in [0.15, 0.2) is 46.7 Å². The normalized spacial score (nSPS) is 18.2. The van der Waals surface area contributed by atoms with Crippen LogP contribution in [0.3, 0.4) is 0 Å². The number of H-pyrrole nitrogens is 1. The highest BCUT2D eigenvalue weighted by molar-refractivity contribution is 6.35. The van der Waals surface area contributed by atoms with Crippen LogP contribution in [-0.4, -0.2) is 45.6 Å². The van der Waals surface area contributed by atoms with Gasteiger partial charge >= 0.3 is 6.18 Å². The maximum atomic E-state index is 12.9. The predicted molar refractivity (Wildman–Crippen MR) is 119 cm³/mol. The Morgan fingerprint density at radius 3 is 2.76 bits per heavy atom. The zero-order chi connectivity index (χ0) is 23.8. The first-order valence-electron chi connectivity index (χ1n) is 9.37. The smallest absolute Gasteiger partial charge is 0.416 e. The highest BCUT2D eigenvalue weighted by Gasteiger charge is 2.31. The monoisotopic (exact) mass is 498 g/mol. The van der Waals surface area contributed by atoms with Gasteiger partial charge in [0.2, 0.25) is 5.95 Å². The van der Waals surface area contributed by atoms with Gasteiger partial charge in [0.05, 0.1) is 45.7 Å². The van der Waals surface area contributed by atoms with E-state index >= 15 is 0 Å². The molecule has 2 aromatic heterocycles. The number of aromatic amines is 1. The third-order valence-corrected chi connectivity index (χ3v) is 5.41. The van der Waals surface area contributed by atoms with Crippen molar-refractivity contribution in [2.45, 2.75) is 17.6 Å². The molecule has 1 amide bonds. The van der Waals surface area contributed by atoms with Gasteiger partial charge in [0.1, 0.15) is 11.6 Å². The van der Waals surface area contributed by atoms with Crippen LogP contribution >= 0.6 is 23.2 Å². The number of imidazole rings is 1. The lowest BCUT2D eigenvalue weighted by atomic mass is 10.1. The van der Waals surface area contributed by atoms with E-state index < -0.39 is 29.1 Å². The second-order valence-corrected chi connectivity index (χ2v) is 7.86. The summed E-state index contributed by atoms with van der Waals surface area (Å²) in [6.07, 6.45) is -0.608. The number of carbonyl (C=O) groups is 1. The Morgan fingerprint density at radius 1 is 1.27 bits per heavy atom. The Kier molecular flexibility index (Phi) is 6.17. The third-order valence-electron chi connectivity index (χ3n) is 4.71. The number of hydrogen-bond acceptors (Lipinski definition) is 6. The van der Waals surface area contributed by atoms with E-state index in [0.29, 0.717) is 22.0 Å². The van der Waals surface area contributed by atoms with Gasteiger partial charge in [-0.15, -0.1) is 11.6 Å². The molecule has 0 saturated heterocycles. The van der Waals surface area contributed by atoms with E-state index in [0.717, 1.165) is 18.3 Å². The summed E-state index contributed by atoms with van der Waals surface area (Å²) in [5.41, 5.74) is 0.0740. The molecule has 2 atom stereocenters. The SMILES string of the molecule is COc1cc2nc(NC3C(Cl)=CN=CC3Cl)[nH]c2cc1C(=O)Nc1cc(C(F)(F)F)ccn1. The Hall–Kier alpha value is -3.31. The van der Waals surface area contributed by atoms with Gasteiger partial charge in [-0.3, -0.25) is 9.79 Å². The quantitative estimate of drug-likeness (QED) is 0.438. The molecule has 1 aliphatic heterocycles. The van der Waals surface area contributed by atoms with Gasteiger partial charge in [0.15, 0.2) is 0 Å². The molecule has 0 fully saturated rings. The van der Waals surface area contributed by atoms with Crippen LogP contribution < -0.4 is 15.4 Å². The molecule has 8 nitrogen and oxygen atoms in total. The van der Waals surface area contributed by atoms with Crippen molar-refractivity contribution in [3.63, 3.8) is 0 Å². The van der Waals surface area contributed by atoms with Crippen LogP contribution in [0.4, 0.5) is 24.9 Å². The Balaban J connectivity index is 1.61. The topological polar surface area (TPSA) is 104 Å². The van der Waals surface area contributed by atoms with Crippen molar-refractivity contribution in [2.24, 2.45) is 4.99 Å². The molecule has 3 N–H and O–H groups in total. The molecule has 0 bridgehead atoms. The Labute approximate surface area is 194 Å². The van der Waals surface area contributed by atoms with Crippen LogP contribution in [0.1, 0.15) is 15.9 Å². The van der Waals surface area contributed by atoms with Crippen molar-refractivity contribution >= 4 is 58.1 Å². The lowest BCUT2D eigenvalue weighted by molar-refractivity contribution is -0.137. The lowest BCUT2D eigenvalue weighted by Crippen LogP contribution is -2.33. The van der Waals surface area contributed by atoms with Crippen LogP contribution in [0.2, 0.25) is 0 Å². The molecule has 2 unspecified atom stereocenters. The minimum Gasteiger partial charge on any atom is -0.496 e. The van der Waals surface area contributed by atoms with Gasteiger partial charge in [-0.2, -0.15) is 13.2 Å². The molecular formula is C20H15Cl2F3N6O2. The summed E-state index contributed by atoms with van der Waals surface area (Å²) in [6, 6.07) is 4.07. The molecule has 0 radical (unpaired) electrons. The number of halogens is 5. The number of ether oxygens (including phenoxy) is 1. The molecule has 33 heavy (non-hydrogen) atoms. The first-order chi connectivity index (χ1) is 15.7. The molecule has 4 rings (SSSR count). The van der Waals surface area contributed by atoms with Crippen LogP contribution in [0, 0.1) is 0 Å². The number of anilines is 2. The summed E-state index contributed by atoms with van der Waals surface area (Å²) in [7, 11) is 1.36. The van der Waals surface area contributed by atoms with Gasteiger partial charge in [-0.05, 0) is 18.2 Å². The van der Waals surface area contributed by atoms with Gasteiger partial charge in [-0.25, -0.2) is 9.97 Å². The first kappa shape index (κ1) is 22.9. The van der Waals surface area contributed by atoms with Crippen molar-refractivity contribution in [2.75, 3.05) is 17.7 Å². The molecular weight excluding hydrogens is 484 g/mol. The summed E-state index contributed by atoms with van der Waals surface area (Å²) in [5.74, 6) is -0.456. The average Bonchev–Trinajstić information content (AvgIpc) is 3.16. The van der Waals surface area contributed by atoms with Crippen molar-refractivity contribution < 1.29 is 22.7 Å². The summed E-state index contributed by atoms with van der Waals surface area (Å²) in [5, 5.41) is 5.31. The van der Waals surface area contributed by atoms with Crippen LogP contribution in [0.25, 0.3) is 11.0 Å². The summed E-state index contributed by atoms with van der Waals surface area (Å²) < 4.78 is 44.1. The number of aliphatic imine (C=N–C) groups is 1. The van der Waals surface area contributed by atoms with E-state index in [2.05, 4.69) is 30.6 Å². The fourth-order valence-electron chi connectivity index (χ4n) is 3.12. The number of methoxy groups -OCH3 is 1. The fourth-order valence-corrected chi connectivity index (χ4v) is 3.70. The average molecular weight is 499 g/mol. The van der Waals surface area contributed by atoms with Crippen LogP contribution in [-0.2, 0) is 6.18 Å². The van der Waals surface area contributed by atoms with E-state index in [1.165, 1.54) is 31.7 Å². The van der Waals surface area contributed by atoms with Crippen molar-refractivity contribution in [1.82, 2.24) is 15.0 Å². The molecule has 172 valence electrons. The molecule has 3 aromatic rings. The summed E-state index contributed by atoms with van der Waals surface area (Å²) in [4.78, 5) is 27.9. The number of amides is 1. The molecule has 3 heterocycles. The second kappa shape index (κ2) is 8.91. The molecule has 1 aliphatic rings. The third kappa shape index (κ3) is 4.88. The number of nitrogens with one attached hydrogen (secondary N) is 3. The Bertz CT molecular complexity index is 1270. The minimum atomic E-state index is -4.57. The fraction of sp³-hybridized carbons (Fsp3) is 0.200.